The second-order valence-corrected chi connectivity index (χ2v) is 7.14. The first-order chi connectivity index (χ1) is 12.1. The van der Waals surface area contributed by atoms with E-state index in [4.69, 9.17) is 0 Å². The lowest BCUT2D eigenvalue weighted by molar-refractivity contribution is -0.118. The van der Waals surface area contributed by atoms with E-state index >= 15 is 0 Å². The number of aromatic amines is 2. The van der Waals surface area contributed by atoms with Crippen molar-refractivity contribution in [2.45, 2.75) is 39.5 Å². The van der Waals surface area contributed by atoms with Crippen LogP contribution in [0.2, 0.25) is 0 Å². The van der Waals surface area contributed by atoms with E-state index in [9.17, 15) is 4.79 Å². The Morgan fingerprint density at radius 2 is 2.20 bits per heavy atom. The maximum atomic E-state index is 11.9. The molecule has 2 aromatic heterocycles. The number of nitrogens with zero attached hydrogens (tertiary/aromatic N) is 2. The molecule has 0 bridgehead atoms. The number of carbonyl (C=O) groups is 1. The van der Waals surface area contributed by atoms with Gasteiger partial charge in [0.1, 0.15) is 5.69 Å². The van der Waals surface area contributed by atoms with Crippen LogP contribution in [0.15, 0.2) is 24.3 Å². The van der Waals surface area contributed by atoms with E-state index in [0.717, 1.165) is 46.7 Å². The van der Waals surface area contributed by atoms with Crippen LogP contribution in [0.3, 0.4) is 0 Å². The fraction of sp³-hybridized carbons (Fsp3) is 0.400. The predicted octanol–water partition coefficient (Wildman–Crippen LogP) is 4.06. The zero-order chi connectivity index (χ0) is 17.6. The predicted molar refractivity (Wildman–Crippen MR) is 101 cm³/mol. The van der Waals surface area contributed by atoms with Crippen molar-refractivity contribution in [1.29, 1.82) is 0 Å². The van der Waals surface area contributed by atoms with Crippen LogP contribution in [0.25, 0.3) is 22.3 Å². The number of fused-ring (bicyclic) bond motifs is 2. The number of rotatable bonds is 3. The highest BCUT2D eigenvalue weighted by Gasteiger charge is 2.22. The standard InChI is InChI=1S/C20H24N4O/c1-4-19(25)24(3)14-7-6-13-10-18(21-16(13)11-14)20-15-8-5-12(2)9-17(15)22-23-20/h6-7,10-12,21H,4-5,8-9H2,1-3H3,(H,22,23)/t12-/m1/s1. The minimum Gasteiger partial charge on any atom is -0.353 e. The van der Waals surface area contributed by atoms with Gasteiger partial charge in [-0.15, -0.1) is 0 Å². The first kappa shape index (κ1) is 15.9. The lowest BCUT2D eigenvalue weighted by atomic mass is 9.88. The summed E-state index contributed by atoms with van der Waals surface area (Å²) in [6.07, 6.45) is 3.88. The van der Waals surface area contributed by atoms with Gasteiger partial charge < -0.3 is 9.88 Å². The van der Waals surface area contributed by atoms with Crippen LogP contribution in [-0.4, -0.2) is 28.1 Å². The van der Waals surface area contributed by atoms with Gasteiger partial charge in [0, 0.05) is 41.3 Å². The molecule has 25 heavy (non-hydrogen) atoms. The van der Waals surface area contributed by atoms with Crippen molar-refractivity contribution < 1.29 is 4.79 Å². The molecule has 5 heteroatoms. The summed E-state index contributed by atoms with van der Waals surface area (Å²) in [7, 11) is 1.82. The lowest BCUT2D eigenvalue weighted by Crippen LogP contribution is -2.24. The summed E-state index contributed by atoms with van der Waals surface area (Å²) in [4.78, 5) is 17.1. The average molecular weight is 336 g/mol. The minimum atomic E-state index is 0.113. The molecule has 3 aromatic rings. The van der Waals surface area contributed by atoms with E-state index in [-0.39, 0.29) is 5.91 Å². The van der Waals surface area contributed by atoms with Gasteiger partial charge in [0.25, 0.3) is 0 Å². The summed E-state index contributed by atoms with van der Waals surface area (Å²) in [5.41, 5.74) is 6.65. The summed E-state index contributed by atoms with van der Waals surface area (Å²) in [5, 5.41) is 8.94. The van der Waals surface area contributed by atoms with Crippen molar-refractivity contribution >= 4 is 22.5 Å². The Hall–Kier alpha value is -2.56. The average Bonchev–Trinajstić information content (AvgIpc) is 3.22. The number of anilines is 1. The second-order valence-electron chi connectivity index (χ2n) is 7.14. The van der Waals surface area contributed by atoms with Crippen LogP contribution in [0.1, 0.15) is 37.9 Å². The molecule has 130 valence electrons. The molecule has 0 unspecified atom stereocenters. The van der Waals surface area contributed by atoms with E-state index in [0.29, 0.717) is 6.42 Å². The van der Waals surface area contributed by atoms with Gasteiger partial charge in [0.15, 0.2) is 0 Å². The minimum absolute atomic E-state index is 0.113. The van der Waals surface area contributed by atoms with Gasteiger partial charge in [-0.1, -0.05) is 19.9 Å². The van der Waals surface area contributed by atoms with Crippen LogP contribution in [0, 0.1) is 5.92 Å². The monoisotopic (exact) mass is 336 g/mol. The van der Waals surface area contributed by atoms with Crippen LogP contribution < -0.4 is 4.90 Å². The van der Waals surface area contributed by atoms with E-state index in [1.54, 1.807) is 4.90 Å². The summed E-state index contributed by atoms with van der Waals surface area (Å²) in [6.45, 7) is 4.17. The molecular weight excluding hydrogens is 312 g/mol. The zero-order valence-electron chi connectivity index (χ0n) is 15.0. The second kappa shape index (κ2) is 6.06. The quantitative estimate of drug-likeness (QED) is 0.757. The first-order valence-electron chi connectivity index (χ1n) is 9.02. The Kier molecular flexibility index (Phi) is 3.86. The number of benzene rings is 1. The highest BCUT2D eigenvalue weighted by Crippen LogP contribution is 2.33. The number of hydrogen-bond donors (Lipinski definition) is 2. The third-order valence-corrected chi connectivity index (χ3v) is 5.32. The Balaban J connectivity index is 1.72. The highest BCUT2D eigenvalue weighted by molar-refractivity contribution is 5.96. The summed E-state index contributed by atoms with van der Waals surface area (Å²) in [5.74, 6) is 0.833. The summed E-state index contributed by atoms with van der Waals surface area (Å²) < 4.78 is 0. The number of carbonyl (C=O) groups excluding carboxylic acids is 1. The van der Waals surface area contributed by atoms with Gasteiger partial charge in [-0.25, -0.2) is 0 Å². The molecule has 2 N–H and O–H groups in total. The number of amides is 1. The van der Waals surface area contributed by atoms with Gasteiger partial charge in [0.05, 0.1) is 5.69 Å². The van der Waals surface area contributed by atoms with Gasteiger partial charge in [0.2, 0.25) is 5.91 Å². The summed E-state index contributed by atoms with van der Waals surface area (Å²) in [6, 6.07) is 8.24. The molecule has 5 nitrogen and oxygen atoms in total. The van der Waals surface area contributed by atoms with Gasteiger partial charge in [-0.2, -0.15) is 5.10 Å². The molecule has 1 aromatic carbocycles. The Bertz CT molecular complexity index is 936. The summed E-state index contributed by atoms with van der Waals surface area (Å²) >= 11 is 0. The number of aromatic nitrogens is 3. The molecule has 0 radical (unpaired) electrons. The zero-order valence-corrected chi connectivity index (χ0v) is 15.0. The lowest BCUT2D eigenvalue weighted by Gasteiger charge is -2.17. The molecule has 1 amide bonds. The topological polar surface area (TPSA) is 64.8 Å². The maximum Gasteiger partial charge on any atom is 0.226 e. The van der Waals surface area contributed by atoms with Crippen LogP contribution in [0.4, 0.5) is 5.69 Å². The van der Waals surface area contributed by atoms with Gasteiger partial charge >= 0.3 is 0 Å². The normalized spacial score (nSPS) is 16.8. The molecule has 0 saturated carbocycles. The Labute approximate surface area is 147 Å². The molecule has 1 aliphatic carbocycles. The van der Waals surface area contributed by atoms with Crippen molar-refractivity contribution in [3.63, 3.8) is 0 Å². The molecule has 0 aliphatic heterocycles. The molecular formula is C20H24N4O. The Morgan fingerprint density at radius 1 is 1.36 bits per heavy atom. The number of hydrogen-bond acceptors (Lipinski definition) is 2. The van der Waals surface area contributed by atoms with Crippen LogP contribution in [-0.2, 0) is 17.6 Å². The maximum absolute atomic E-state index is 11.9. The van der Waals surface area contributed by atoms with Crippen molar-refractivity contribution in [1.82, 2.24) is 15.2 Å². The first-order valence-corrected chi connectivity index (χ1v) is 9.02. The number of nitrogens with one attached hydrogen (secondary N) is 2. The van der Waals surface area contributed by atoms with E-state index in [1.807, 2.05) is 26.1 Å². The highest BCUT2D eigenvalue weighted by atomic mass is 16.2. The molecule has 0 fully saturated rings. The fourth-order valence-corrected chi connectivity index (χ4v) is 3.74. The smallest absolute Gasteiger partial charge is 0.226 e. The van der Waals surface area contributed by atoms with E-state index < -0.39 is 0 Å². The van der Waals surface area contributed by atoms with Crippen molar-refractivity contribution in [2.24, 2.45) is 5.92 Å². The number of H-pyrrole nitrogens is 2. The molecule has 4 rings (SSSR count). The van der Waals surface area contributed by atoms with E-state index in [1.165, 1.54) is 17.7 Å². The van der Waals surface area contributed by atoms with Crippen LogP contribution in [0.5, 0.6) is 0 Å². The van der Waals surface area contributed by atoms with Gasteiger partial charge in [-0.05, 0) is 43.4 Å². The fourth-order valence-electron chi connectivity index (χ4n) is 3.74. The molecule has 1 atom stereocenters. The molecule has 2 heterocycles. The van der Waals surface area contributed by atoms with Crippen molar-refractivity contribution in [2.75, 3.05) is 11.9 Å². The molecule has 0 saturated heterocycles. The van der Waals surface area contributed by atoms with Crippen molar-refractivity contribution in [3.8, 4) is 11.4 Å². The van der Waals surface area contributed by atoms with Crippen LogP contribution >= 0.6 is 0 Å². The third kappa shape index (κ3) is 2.73. The SMILES string of the molecule is CCC(=O)N(C)c1ccc2cc(-c3n[nH]c4c3CC[C@@H](C)C4)[nH]c2c1. The van der Waals surface area contributed by atoms with Gasteiger partial charge in [-0.3, -0.25) is 9.89 Å². The van der Waals surface area contributed by atoms with E-state index in [2.05, 4.69) is 34.2 Å². The largest absolute Gasteiger partial charge is 0.353 e. The van der Waals surface area contributed by atoms with Crippen molar-refractivity contribution in [3.05, 3.63) is 35.5 Å². The Morgan fingerprint density at radius 3 is 3.00 bits per heavy atom. The molecule has 0 spiro atoms. The molecule has 1 aliphatic rings. The third-order valence-electron chi connectivity index (χ3n) is 5.32.